The summed E-state index contributed by atoms with van der Waals surface area (Å²) in [6.07, 6.45) is -5.34. The van der Waals surface area contributed by atoms with Crippen LogP contribution in [0.3, 0.4) is 0 Å². The van der Waals surface area contributed by atoms with Crippen molar-refractivity contribution in [2.24, 2.45) is 17.6 Å². The lowest BCUT2D eigenvalue weighted by atomic mass is 9.52. The second kappa shape index (κ2) is 9.51. The zero-order valence-corrected chi connectivity index (χ0v) is 21.6. The molecule has 1 aromatic carbocycles. The zero-order chi connectivity index (χ0) is 29.2. The van der Waals surface area contributed by atoms with E-state index < -0.39 is 70.5 Å². The summed E-state index contributed by atoms with van der Waals surface area (Å²) in [5, 5.41) is 58.8. The number of fused-ring (bicyclic) bond motifs is 3. The number of ketones is 1. The third-order valence-electron chi connectivity index (χ3n) is 8.25. The van der Waals surface area contributed by atoms with Gasteiger partial charge in [-0.25, -0.2) is 0 Å². The van der Waals surface area contributed by atoms with Gasteiger partial charge in [0.05, 0.1) is 23.6 Å². The lowest BCUT2D eigenvalue weighted by Crippen LogP contribution is -2.73. The Morgan fingerprint density at radius 3 is 2.41 bits per heavy atom. The molecule has 214 valence electrons. The molecule has 8 N–H and O–H groups in total. The number of phenolic OH excluding ortho intramolecular Hbond substituents is 1. The number of rotatable bonds is 6. The molecule has 4 rings (SSSR count). The molecule has 3 aliphatic rings. The largest absolute Gasteiger partial charge is 0.510 e. The fraction of sp³-hybridized carbons (Fsp3) is 0.538. The number of carbonyl (C=O) groups is 2. The fourth-order valence-electron chi connectivity index (χ4n) is 6.50. The van der Waals surface area contributed by atoms with Crippen molar-refractivity contribution in [3.63, 3.8) is 0 Å². The number of hydrogen-bond donors (Lipinski definition) is 7. The predicted octanol–water partition coefficient (Wildman–Crippen LogP) is 1.19. The highest BCUT2D eigenvalue weighted by atomic mass is 19.4. The highest BCUT2D eigenvalue weighted by Crippen LogP contribution is 2.56. The summed E-state index contributed by atoms with van der Waals surface area (Å²) in [5.74, 6) is -5.81. The standard InChI is InChI=1S/C26H32F3N3O7/c1-24(38)18(23(30)37)21(35)19(32(2)3)14-9-12-8-13-11(10-31-7-6-25(27,28)29)4-5-15(33)17(13)20(34)16(12)22(36)26(14,24)39/h4-5,12,14,19,31,33-35,38-39H,6-10H2,1-3H3,(H2,30,37)/t12-,14?,19-,24?,26-/m0/s1. The minimum absolute atomic E-state index is 0.00410. The van der Waals surface area contributed by atoms with Crippen molar-refractivity contribution < 1.29 is 48.3 Å². The first kappa shape index (κ1) is 28.9. The average Bonchev–Trinajstić information content (AvgIpc) is 2.79. The van der Waals surface area contributed by atoms with Crippen LogP contribution in [-0.2, 0) is 22.6 Å². The number of carbonyl (C=O) groups excluding carboxylic acids is 2. The van der Waals surface area contributed by atoms with Gasteiger partial charge in [0, 0.05) is 24.6 Å². The Labute approximate surface area is 222 Å². The second-order valence-electron chi connectivity index (χ2n) is 10.8. The minimum atomic E-state index is -4.34. The quantitative estimate of drug-likeness (QED) is 0.254. The number of halogens is 3. The molecule has 1 fully saturated rings. The van der Waals surface area contributed by atoms with Crippen LogP contribution in [0.25, 0.3) is 5.76 Å². The highest BCUT2D eigenvalue weighted by molar-refractivity contribution is 6.12. The van der Waals surface area contributed by atoms with E-state index in [4.69, 9.17) is 5.73 Å². The molecular formula is C26H32F3N3O7. The summed E-state index contributed by atoms with van der Waals surface area (Å²) in [6.45, 7) is 0.642. The molecular weight excluding hydrogens is 523 g/mol. The predicted molar refractivity (Wildman–Crippen MR) is 132 cm³/mol. The van der Waals surface area contributed by atoms with E-state index in [1.165, 1.54) is 17.0 Å². The smallest absolute Gasteiger partial charge is 0.390 e. The van der Waals surface area contributed by atoms with Crippen molar-refractivity contribution >= 4 is 17.4 Å². The van der Waals surface area contributed by atoms with Crippen LogP contribution >= 0.6 is 0 Å². The number of aliphatic hydroxyl groups is 4. The van der Waals surface area contributed by atoms with Gasteiger partial charge in [0.2, 0.25) is 0 Å². The zero-order valence-electron chi connectivity index (χ0n) is 21.6. The molecule has 5 atom stereocenters. The number of nitrogens with two attached hydrogens (primary N) is 1. The topological polar surface area (TPSA) is 177 Å². The number of primary amides is 1. The Hall–Kier alpha value is -3.13. The number of aliphatic hydroxyl groups excluding tert-OH is 2. The van der Waals surface area contributed by atoms with Crippen LogP contribution in [0.4, 0.5) is 13.2 Å². The Bertz CT molecular complexity index is 1290. The van der Waals surface area contributed by atoms with Crippen LogP contribution in [-0.4, -0.2) is 86.2 Å². The maximum Gasteiger partial charge on any atom is 0.390 e. The number of hydrogen-bond acceptors (Lipinski definition) is 9. The van der Waals surface area contributed by atoms with E-state index >= 15 is 0 Å². The van der Waals surface area contributed by atoms with Gasteiger partial charge in [-0.1, -0.05) is 6.07 Å². The second-order valence-corrected chi connectivity index (χ2v) is 10.8. The van der Waals surface area contributed by atoms with Gasteiger partial charge in [-0.3, -0.25) is 14.5 Å². The number of phenols is 1. The third kappa shape index (κ3) is 4.37. The molecule has 10 nitrogen and oxygen atoms in total. The van der Waals surface area contributed by atoms with Crippen LogP contribution in [0.1, 0.15) is 36.5 Å². The Balaban J connectivity index is 1.82. The van der Waals surface area contributed by atoms with Gasteiger partial charge in [0.1, 0.15) is 22.9 Å². The van der Waals surface area contributed by atoms with Crippen LogP contribution in [0.15, 0.2) is 29.0 Å². The van der Waals surface area contributed by atoms with Crippen LogP contribution in [0.5, 0.6) is 5.75 Å². The van der Waals surface area contributed by atoms with E-state index in [2.05, 4.69) is 5.32 Å². The highest BCUT2D eigenvalue weighted by Gasteiger charge is 2.69. The molecule has 3 aliphatic carbocycles. The molecule has 39 heavy (non-hydrogen) atoms. The summed E-state index contributed by atoms with van der Waals surface area (Å²) in [5.41, 5.74) is -0.0317. The number of nitrogens with zero attached hydrogens (tertiary/aromatic N) is 1. The first-order valence-electron chi connectivity index (χ1n) is 12.4. The first-order chi connectivity index (χ1) is 17.9. The lowest BCUT2D eigenvalue weighted by Gasteiger charge is -2.56. The third-order valence-corrected chi connectivity index (χ3v) is 8.25. The monoisotopic (exact) mass is 555 g/mol. The lowest BCUT2D eigenvalue weighted by molar-refractivity contribution is -0.194. The molecule has 1 saturated carbocycles. The van der Waals surface area contributed by atoms with Crippen molar-refractivity contribution in [1.82, 2.24) is 10.2 Å². The molecule has 0 aromatic heterocycles. The summed E-state index contributed by atoms with van der Waals surface area (Å²) >= 11 is 0. The maximum absolute atomic E-state index is 14.0. The van der Waals surface area contributed by atoms with Crippen LogP contribution < -0.4 is 11.1 Å². The number of alkyl halides is 3. The molecule has 0 spiro atoms. The summed E-state index contributed by atoms with van der Waals surface area (Å²) in [6, 6.07) is 1.65. The van der Waals surface area contributed by atoms with E-state index in [1.54, 1.807) is 14.1 Å². The Morgan fingerprint density at radius 1 is 1.21 bits per heavy atom. The first-order valence-corrected chi connectivity index (χ1v) is 12.4. The van der Waals surface area contributed by atoms with E-state index in [-0.39, 0.29) is 42.8 Å². The molecule has 13 heteroatoms. The SMILES string of the molecule is CN(C)[C@@H]1C(O)=C(C(N)=O)C(C)(O)[C@@]2(O)C(=O)C3=C(O)c4c(O)ccc(CNCCC(F)(F)F)c4C[C@H]3CC12. The van der Waals surface area contributed by atoms with Gasteiger partial charge in [-0.2, -0.15) is 13.2 Å². The summed E-state index contributed by atoms with van der Waals surface area (Å²) in [4.78, 5) is 27.7. The Kier molecular flexibility index (Phi) is 7.04. The normalized spacial score (nSPS) is 30.8. The van der Waals surface area contributed by atoms with Crippen molar-refractivity contribution in [2.45, 2.75) is 56.2 Å². The van der Waals surface area contributed by atoms with Crippen molar-refractivity contribution in [3.05, 3.63) is 45.7 Å². The van der Waals surface area contributed by atoms with Crippen LogP contribution in [0.2, 0.25) is 0 Å². The van der Waals surface area contributed by atoms with E-state index in [9.17, 15) is 48.3 Å². The molecule has 0 heterocycles. The Morgan fingerprint density at radius 2 is 1.85 bits per heavy atom. The van der Waals surface area contributed by atoms with E-state index in [0.717, 1.165) is 6.92 Å². The minimum Gasteiger partial charge on any atom is -0.510 e. The van der Waals surface area contributed by atoms with Gasteiger partial charge in [-0.15, -0.1) is 0 Å². The summed E-state index contributed by atoms with van der Waals surface area (Å²) in [7, 11) is 3.10. The van der Waals surface area contributed by atoms with Gasteiger partial charge in [-0.05, 0) is 57.0 Å². The molecule has 0 saturated heterocycles. The van der Waals surface area contributed by atoms with Gasteiger partial charge < -0.3 is 36.6 Å². The molecule has 2 unspecified atom stereocenters. The van der Waals surface area contributed by atoms with Gasteiger partial charge in [0.25, 0.3) is 5.91 Å². The number of aromatic hydroxyl groups is 1. The molecule has 1 aromatic rings. The van der Waals surface area contributed by atoms with E-state index in [0.29, 0.717) is 11.1 Å². The molecule has 0 bridgehead atoms. The maximum atomic E-state index is 14.0. The average molecular weight is 556 g/mol. The number of benzene rings is 1. The number of likely N-dealkylation sites (N-methyl/N-ethyl adjacent to an activating group) is 1. The van der Waals surface area contributed by atoms with E-state index in [1.807, 2.05) is 0 Å². The van der Waals surface area contributed by atoms with Gasteiger partial charge >= 0.3 is 6.18 Å². The molecule has 0 aliphatic heterocycles. The van der Waals surface area contributed by atoms with Crippen molar-refractivity contribution in [1.29, 1.82) is 0 Å². The number of amides is 1. The molecule has 0 radical (unpaired) electrons. The summed E-state index contributed by atoms with van der Waals surface area (Å²) < 4.78 is 37.7. The number of Topliss-reactive ketones (excluding diaryl/α,β-unsaturated/α-hetero) is 1. The van der Waals surface area contributed by atoms with Crippen LogP contribution in [0, 0.1) is 11.8 Å². The van der Waals surface area contributed by atoms with Crippen molar-refractivity contribution in [2.75, 3.05) is 20.6 Å². The fourth-order valence-corrected chi connectivity index (χ4v) is 6.50. The van der Waals surface area contributed by atoms with Gasteiger partial charge in [0.15, 0.2) is 11.4 Å². The van der Waals surface area contributed by atoms with Crippen molar-refractivity contribution in [3.8, 4) is 5.75 Å². The molecule has 1 amide bonds. The number of nitrogens with one attached hydrogen (secondary N) is 1.